The molecule has 2 N–H and O–H groups in total. The molecule has 0 bridgehead atoms. The van der Waals surface area contributed by atoms with Crippen molar-refractivity contribution in [1.29, 1.82) is 0 Å². The Kier molecular flexibility index (Phi) is 5.53. The first-order chi connectivity index (χ1) is 12.5. The molecule has 27 heavy (non-hydrogen) atoms. The summed E-state index contributed by atoms with van der Waals surface area (Å²) in [6.45, 7) is 3.56. The van der Waals surface area contributed by atoms with Gasteiger partial charge in [-0.05, 0) is 30.7 Å². The third-order valence-electron chi connectivity index (χ3n) is 5.12. The summed E-state index contributed by atoms with van der Waals surface area (Å²) < 4.78 is 20.9. The van der Waals surface area contributed by atoms with E-state index >= 15 is 0 Å². The molecule has 0 aliphatic carbocycles. The molecule has 144 valence electrons. The average molecular weight is 393 g/mol. The van der Waals surface area contributed by atoms with Crippen LogP contribution in [0.4, 0.5) is 4.39 Å². The van der Waals surface area contributed by atoms with Gasteiger partial charge in [0.2, 0.25) is 5.91 Å². The minimum Gasteiger partial charge on any atom is -0.459 e. The second-order valence-corrected chi connectivity index (χ2v) is 6.83. The van der Waals surface area contributed by atoms with Crippen molar-refractivity contribution in [3.05, 3.63) is 53.3 Å². The molecule has 1 saturated heterocycles. The van der Waals surface area contributed by atoms with Crippen LogP contribution in [0.2, 0.25) is 0 Å². The van der Waals surface area contributed by atoms with Crippen LogP contribution in [0.1, 0.15) is 22.8 Å². The number of benzene rings is 1. The SMILES string of the molecule is Cc1c(CNC(=O)[C@H]2CNC[C@@H]2c2cnn(C)c2)oc2ccc(F)cc12.Cl. The fourth-order valence-electron chi connectivity index (χ4n) is 3.65. The number of rotatable bonds is 4. The second kappa shape index (κ2) is 7.70. The van der Waals surface area contributed by atoms with Crippen LogP contribution in [0.3, 0.4) is 0 Å². The first kappa shape index (κ1) is 19.4. The number of hydrogen-bond donors (Lipinski definition) is 2. The number of carbonyl (C=O) groups is 1. The van der Waals surface area contributed by atoms with Crippen molar-refractivity contribution in [1.82, 2.24) is 20.4 Å². The highest BCUT2D eigenvalue weighted by atomic mass is 35.5. The summed E-state index contributed by atoms with van der Waals surface area (Å²) in [5, 5.41) is 11.2. The van der Waals surface area contributed by atoms with Crippen molar-refractivity contribution in [2.45, 2.75) is 19.4 Å². The van der Waals surface area contributed by atoms with Crippen molar-refractivity contribution in [2.75, 3.05) is 13.1 Å². The molecule has 1 amide bonds. The highest BCUT2D eigenvalue weighted by Gasteiger charge is 2.34. The summed E-state index contributed by atoms with van der Waals surface area (Å²) in [5.41, 5.74) is 2.55. The number of nitrogens with zero attached hydrogens (tertiary/aromatic N) is 2. The Morgan fingerprint density at radius 1 is 1.44 bits per heavy atom. The highest BCUT2D eigenvalue weighted by molar-refractivity contribution is 5.85. The van der Waals surface area contributed by atoms with Gasteiger partial charge in [0.15, 0.2) is 0 Å². The lowest BCUT2D eigenvalue weighted by molar-refractivity contribution is -0.125. The first-order valence-corrected chi connectivity index (χ1v) is 8.67. The summed E-state index contributed by atoms with van der Waals surface area (Å²) in [4.78, 5) is 12.7. The Hall–Kier alpha value is -2.38. The van der Waals surface area contributed by atoms with E-state index < -0.39 is 0 Å². The monoisotopic (exact) mass is 392 g/mol. The quantitative estimate of drug-likeness (QED) is 0.716. The van der Waals surface area contributed by atoms with Crippen LogP contribution >= 0.6 is 12.4 Å². The molecule has 1 aliphatic heterocycles. The van der Waals surface area contributed by atoms with Crippen molar-refractivity contribution in [2.24, 2.45) is 13.0 Å². The summed E-state index contributed by atoms with van der Waals surface area (Å²) in [6.07, 6.45) is 3.77. The van der Waals surface area contributed by atoms with E-state index in [-0.39, 0.29) is 42.5 Å². The van der Waals surface area contributed by atoms with Gasteiger partial charge < -0.3 is 15.1 Å². The lowest BCUT2D eigenvalue weighted by Crippen LogP contribution is -2.34. The first-order valence-electron chi connectivity index (χ1n) is 8.67. The number of furan rings is 1. The molecule has 1 aromatic carbocycles. The standard InChI is InChI=1S/C19H21FN4O2.ClH/c1-11-14-5-13(20)3-4-17(14)26-18(11)9-22-19(25)16-8-21-7-15(16)12-6-23-24(2)10-12;/h3-6,10,15-16,21H,7-9H2,1-2H3,(H,22,25);1H/t15-,16+;/m1./s1. The van der Waals surface area contributed by atoms with Crippen LogP contribution < -0.4 is 10.6 Å². The average Bonchev–Trinajstić information content (AvgIpc) is 3.33. The number of aromatic nitrogens is 2. The Balaban J connectivity index is 0.00000210. The maximum Gasteiger partial charge on any atom is 0.225 e. The van der Waals surface area contributed by atoms with Gasteiger partial charge in [0.25, 0.3) is 0 Å². The molecule has 0 saturated carbocycles. The Morgan fingerprint density at radius 2 is 2.26 bits per heavy atom. The van der Waals surface area contributed by atoms with Crippen LogP contribution in [0.15, 0.2) is 35.0 Å². The van der Waals surface area contributed by atoms with Gasteiger partial charge in [-0.2, -0.15) is 5.10 Å². The predicted octanol–water partition coefficient (Wildman–Crippen LogP) is 2.66. The van der Waals surface area contributed by atoms with Gasteiger partial charge in [-0.15, -0.1) is 12.4 Å². The van der Waals surface area contributed by atoms with Crippen LogP contribution in [0, 0.1) is 18.7 Å². The zero-order chi connectivity index (χ0) is 18.3. The van der Waals surface area contributed by atoms with Crippen LogP contribution in [-0.2, 0) is 18.4 Å². The summed E-state index contributed by atoms with van der Waals surface area (Å²) >= 11 is 0. The van der Waals surface area contributed by atoms with Gasteiger partial charge in [0.1, 0.15) is 17.2 Å². The smallest absolute Gasteiger partial charge is 0.225 e. The molecule has 2 atom stereocenters. The zero-order valence-corrected chi connectivity index (χ0v) is 16.0. The summed E-state index contributed by atoms with van der Waals surface area (Å²) in [6, 6.07) is 4.44. The zero-order valence-electron chi connectivity index (χ0n) is 15.2. The minimum absolute atomic E-state index is 0. The number of amides is 1. The summed E-state index contributed by atoms with van der Waals surface area (Å²) in [5.74, 6) is 0.293. The molecule has 3 aromatic rings. The van der Waals surface area contributed by atoms with Gasteiger partial charge >= 0.3 is 0 Å². The van der Waals surface area contributed by atoms with E-state index in [2.05, 4.69) is 15.7 Å². The van der Waals surface area contributed by atoms with Gasteiger partial charge in [0.05, 0.1) is 18.7 Å². The van der Waals surface area contributed by atoms with E-state index in [9.17, 15) is 9.18 Å². The molecule has 3 heterocycles. The number of carbonyl (C=O) groups excluding carboxylic acids is 1. The maximum absolute atomic E-state index is 13.4. The molecule has 0 spiro atoms. The number of fused-ring (bicyclic) bond motifs is 1. The molecular weight excluding hydrogens is 371 g/mol. The molecule has 4 rings (SSSR count). The van der Waals surface area contributed by atoms with E-state index in [1.54, 1.807) is 10.7 Å². The third-order valence-corrected chi connectivity index (χ3v) is 5.12. The van der Waals surface area contributed by atoms with Gasteiger partial charge in [-0.25, -0.2) is 4.39 Å². The molecule has 6 nitrogen and oxygen atoms in total. The molecule has 0 radical (unpaired) electrons. The number of halogens is 2. The summed E-state index contributed by atoms with van der Waals surface area (Å²) in [7, 11) is 1.87. The molecular formula is C19H22ClFN4O2. The topological polar surface area (TPSA) is 72.1 Å². The van der Waals surface area contributed by atoms with Crippen LogP contribution in [-0.4, -0.2) is 28.8 Å². The fourth-order valence-corrected chi connectivity index (χ4v) is 3.65. The van der Waals surface area contributed by atoms with Crippen molar-refractivity contribution in [3.8, 4) is 0 Å². The molecule has 1 aliphatic rings. The molecule has 2 aromatic heterocycles. The number of nitrogens with one attached hydrogen (secondary N) is 2. The lowest BCUT2D eigenvalue weighted by atomic mass is 9.90. The Labute approximate surface area is 162 Å². The van der Waals surface area contributed by atoms with E-state index in [0.29, 0.717) is 17.9 Å². The van der Waals surface area contributed by atoms with Crippen molar-refractivity contribution >= 4 is 29.3 Å². The van der Waals surface area contributed by atoms with Crippen LogP contribution in [0.5, 0.6) is 0 Å². The van der Waals surface area contributed by atoms with E-state index in [0.717, 1.165) is 23.1 Å². The number of hydrogen-bond acceptors (Lipinski definition) is 4. The normalized spacial score (nSPS) is 19.2. The minimum atomic E-state index is -0.298. The molecule has 0 unspecified atom stereocenters. The lowest BCUT2D eigenvalue weighted by Gasteiger charge is -2.16. The fraction of sp³-hybridized carbons (Fsp3) is 0.368. The van der Waals surface area contributed by atoms with Crippen molar-refractivity contribution < 1.29 is 13.6 Å². The van der Waals surface area contributed by atoms with E-state index in [1.165, 1.54) is 12.1 Å². The third kappa shape index (κ3) is 3.70. The Morgan fingerprint density at radius 3 is 3.00 bits per heavy atom. The van der Waals surface area contributed by atoms with Gasteiger partial charge in [-0.3, -0.25) is 9.48 Å². The number of aryl methyl sites for hydroxylation is 2. The van der Waals surface area contributed by atoms with E-state index in [1.807, 2.05) is 26.4 Å². The molecule has 8 heteroatoms. The predicted molar refractivity (Wildman–Crippen MR) is 102 cm³/mol. The van der Waals surface area contributed by atoms with Crippen molar-refractivity contribution in [3.63, 3.8) is 0 Å². The molecule has 1 fully saturated rings. The maximum atomic E-state index is 13.4. The van der Waals surface area contributed by atoms with Gasteiger partial charge in [-0.1, -0.05) is 0 Å². The second-order valence-electron chi connectivity index (χ2n) is 6.83. The van der Waals surface area contributed by atoms with Crippen LogP contribution in [0.25, 0.3) is 11.0 Å². The Bertz CT molecular complexity index is 968. The highest BCUT2D eigenvalue weighted by Crippen LogP contribution is 2.29. The largest absolute Gasteiger partial charge is 0.459 e. The van der Waals surface area contributed by atoms with Gasteiger partial charge in [0, 0.05) is 43.2 Å². The van der Waals surface area contributed by atoms with E-state index in [4.69, 9.17) is 4.42 Å².